The number of unbranched alkanes of at least 4 members (excludes halogenated alkanes) is 22. The van der Waals surface area contributed by atoms with Crippen molar-refractivity contribution in [3.05, 3.63) is 122 Å². The lowest BCUT2D eigenvalue weighted by atomic mass is 10.0. The Labute approximate surface area is 450 Å². The third-order valence-electron chi connectivity index (χ3n) is 12.4. The fraction of sp³-hybridized carbons (Fsp3) is 0.657. The summed E-state index contributed by atoms with van der Waals surface area (Å²) in [6.07, 6.45) is 83.5. The first-order valence-corrected chi connectivity index (χ1v) is 30.0. The lowest BCUT2D eigenvalue weighted by molar-refractivity contribution is -0.167. The Kier molecular flexibility index (Phi) is 56.9. The zero-order valence-electron chi connectivity index (χ0n) is 47.4. The van der Waals surface area contributed by atoms with E-state index in [-0.39, 0.29) is 31.1 Å². The van der Waals surface area contributed by atoms with E-state index in [0.717, 1.165) is 154 Å². The Morgan fingerprint density at radius 3 is 0.904 bits per heavy atom. The quantitative estimate of drug-likeness (QED) is 0.0261. The highest BCUT2D eigenvalue weighted by Crippen LogP contribution is 2.15. The van der Waals surface area contributed by atoms with Crippen LogP contribution in [0, 0.1) is 0 Å². The number of ether oxygens (including phenoxy) is 3. The molecule has 0 aliphatic rings. The molecule has 1 atom stereocenters. The van der Waals surface area contributed by atoms with Crippen molar-refractivity contribution in [2.75, 3.05) is 13.2 Å². The van der Waals surface area contributed by atoms with Crippen molar-refractivity contribution in [3.8, 4) is 0 Å². The van der Waals surface area contributed by atoms with Gasteiger partial charge in [-0.15, -0.1) is 0 Å². The minimum absolute atomic E-state index is 0.0885. The Balaban J connectivity index is 4.23. The van der Waals surface area contributed by atoms with Gasteiger partial charge in [0.15, 0.2) is 6.10 Å². The van der Waals surface area contributed by atoms with Gasteiger partial charge in [0.05, 0.1) is 0 Å². The molecular formula is C67H110O6. The van der Waals surface area contributed by atoms with Gasteiger partial charge in [-0.05, 0) is 109 Å². The first kappa shape index (κ1) is 68.8. The minimum Gasteiger partial charge on any atom is -0.462 e. The highest BCUT2D eigenvalue weighted by Gasteiger charge is 2.19. The second-order valence-corrected chi connectivity index (χ2v) is 19.5. The van der Waals surface area contributed by atoms with Gasteiger partial charge in [-0.1, -0.05) is 258 Å². The van der Waals surface area contributed by atoms with E-state index in [2.05, 4.69) is 142 Å². The number of carbonyl (C=O) groups is 3. The molecule has 0 spiro atoms. The third-order valence-corrected chi connectivity index (χ3v) is 12.4. The summed E-state index contributed by atoms with van der Waals surface area (Å²) in [6, 6.07) is 0. The van der Waals surface area contributed by atoms with E-state index >= 15 is 0 Å². The van der Waals surface area contributed by atoms with Crippen molar-refractivity contribution in [1.29, 1.82) is 0 Å². The van der Waals surface area contributed by atoms with Crippen LogP contribution in [-0.4, -0.2) is 37.2 Å². The lowest BCUT2D eigenvalue weighted by Gasteiger charge is -2.18. The van der Waals surface area contributed by atoms with E-state index in [4.69, 9.17) is 14.2 Å². The molecule has 0 saturated carbocycles. The van der Waals surface area contributed by atoms with Gasteiger partial charge in [-0.2, -0.15) is 0 Å². The minimum atomic E-state index is -0.788. The number of esters is 3. The molecule has 6 nitrogen and oxygen atoms in total. The molecule has 0 radical (unpaired) electrons. The van der Waals surface area contributed by atoms with E-state index in [1.165, 1.54) is 70.6 Å². The second-order valence-electron chi connectivity index (χ2n) is 19.5. The van der Waals surface area contributed by atoms with Crippen LogP contribution in [0.1, 0.15) is 265 Å². The van der Waals surface area contributed by atoms with E-state index in [9.17, 15) is 14.4 Å². The Morgan fingerprint density at radius 2 is 0.562 bits per heavy atom. The van der Waals surface area contributed by atoms with Gasteiger partial charge in [-0.3, -0.25) is 14.4 Å². The summed E-state index contributed by atoms with van der Waals surface area (Å²) in [5.74, 6) is -0.919. The number of hydrogen-bond acceptors (Lipinski definition) is 6. The first-order chi connectivity index (χ1) is 36.0. The van der Waals surface area contributed by atoms with Crippen molar-refractivity contribution in [2.45, 2.75) is 271 Å². The van der Waals surface area contributed by atoms with Gasteiger partial charge in [0.2, 0.25) is 0 Å². The monoisotopic (exact) mass is 1010 g/mol. The van der Waals surface area contributed by atoms with Gasteiger partial charge in [-0.25, -0.2) is 0 Å². The van der Waals surface area contributed by atoms with Crippen molar-refractivity contribution >= 4 is 17.9 Å². The third kappa shape index (κ3) is 58.6. The fourth-order valence-corrected chi connectivity index (χ4v) is 7.97. The van der Waals surface area contributed by atoms with Crippen LogP contribution in [0.5, 0.6) is 0 Å². The molecule has 0 aromatic rings. The highest BCUT2D eigenvalue weighted by molar-refractivity contribution is 5.71. The van der Waals surface area contributed by atoms with Crippen LogP contribution in [0.3, 0.4) is 0 Å². The summed E-state index contributed by atoms with van der Waals surface area (Å²) in [5, 5.41) is 0. The summed E-state index contributed by atoms with van der Waals surface area (Å²) in [6.45, 7) is 6.43. The Bertz CT molecular complexity index is 1540. The molecule has 0 saturated heterocycles. The van der Waals surface area contributed by atoms with Gasteiger partial charge >= 0.3 is 17.9 Å². The Morgan fingerprint density at radius 1 is 0.288 bits per heavy atom. The van der Waals surface area contributed by atoms with Crippen LogP contribution < -0.4 is 0 Å². The second kappa shape index (κ2) is 60.4. The molecule has 0 N–H and O–H groups in total. The fourth-order valence-electron chi connectivity index (χ4n) is 7.97. The average Bonchev–Trinajstić information content (AvgIpc) is 3.39. The SMILES string of the molecule is CC/C=C\C/C=C\C/C=C\C/C=C\C/C=C\C/C=C\C/C=C\C/C=C\C/C=C\CCCCCCCC(=O)OCC(COC(=O)CCCCCCC/C=C\CCC)OC(=O)CCCCCCCCCCCCCC. The van der Waals surface area contributed by atoms with Crippen molar-refractivity contribution in [3.63, 3.8) is 0 Å². The maximum Gasteiger partial charge on any atom is 0.306 e. The van der Waals surface area contributed by atoms with Crippen molar-refractivity contribution in [1.82, 2.24) is 0 Å². The lowest BCUT2D eigenvalue weighted by Crippen LogP contribution is -2.30. The molecule has 0 fully saturated rings. The molecule has 0 aliphatic carbocycles. The molecule has 0 rings (SSSR count). The molecule has 0 heterocycles. The van der Waals surface area contributed by atoms with Crippen LogP contribution in [0.2, 0.25) is 0 Å². The summed E-state index contributed by atoms with van der Waals surface area (Å²) in [7, 11) is 0. The molecule has 0 aromatic heterocycles. The molecular weight excluding hydrogens is 901 g/mol. The van der Waals surface area contributed by atoms with E-state index in [1.807, 2.05) is 0 Å². The molecule has 0 aliphatic heterocycles. The summed E-state index contributed by atoms with van der Waals surface area (Å²) in [5.41, 5.74) is 0. The zero-order valence-corrected chi connectivity index (χ0v) is 47.4. The first-order valence-electron chi connectivity index (χ1n) is 30.0. The maximum atomic E-state index is 12.8. The maximum absolute atomic E-state index is 12.8. The van der Waals surface area contributed by atoms with Crippen LogP contribution in [0.15, 0.2) is 122 Å². The van der Waals surface area contributed by atoms with Gasteiger partial charge in [0.25, 0.3) is 0 Å². The van der Waals surface area contributed by atoms with E-state index < -0.39 is 6.10 Å². The summed E-state index contributed by atoms with van der Waals surface area (Å²) >= 11 is 0. The van der Waals surface area contributed by atoms with Crippen molar-refractivity contribution in [2.24, 2.45) is 0 Å². The predicted octanol–water partition coefficient (Wildman–Crippen LogP) is 20.4. The van der Waals surface area contributed by atoms with E-state index in [1.54, 1.807) is 0 Å². The number of rotatable bonds is 53. The smallest absolute Gasteiger partial charge is 0.306 e. The standard InChI is InChI=1S/C67H110O6/c1-4-7-10-13-16-19-22-24-25-26-27-28-29-30-31-32-33-34-35-36-37-38-39-40-41-42-43-44-46-48-51-54-57-60-66(69)72-63-64(62-71-65(68)59-56-53-50-47-21-18-15-12-9-6-3)73-67(70)61-58-55-52-49-45-23-20-17-14-11-8-5-2/h7,10,12,15-16,19,24-25,27-28,30-31,33-34,36-37,39-40,42-43,64H,4-6,8-9,11,13-14,17-18,20-23,26,29,32,35,38,41,44-63H2,1-3H3/b10-7-,15-12-,19-16-,25-24-,28-27-,31-30-,34-33-,37-36-,40-39-,43-42-. The van der Waals surface area contributed by atoms with Crippen LogP contribution in [0.4, 0.5) is 0 Å². The Hall–Kier alpha value is -4.19. The number of hydrogen-bond donors (Lipinski definition) is 0. The van der Waals surface area contributed by atoms with Crippen molar-refractivity contribution < 1.29 is 28.6 Å². The van der Waals surface area contributed by atoms with Gasteiger partial charge < -0.3 is 14.2 Å². The van der Waals surface area contributed by atoms with Crippen LogP contribution in [-0.2, 0) is 28.6 Å². The predicted molar refractivity (Wildman–Crippen MR) is 316 cm³/mol. The van der Waals surface area contributed by atoms with E-state index in [0.29, 0.717) is 19.3 Å². The topological polar surface area (TPSA) is 78.9 Å². The molecule has 6 heteroatoms. The molecule has 0 bridgehead atoms. The zero-order chi connectivity index (χ0) is 52.9. The summed E-state index contributed by atoms with van der Waals surface area (Å²) in [4.78, 5) is 38.0. The van der Waals surface area contributed by atoms with Gasteiger partial charge in [0, 0.05) is 19.3 Å². The number of carbonyl (C=O) groups excluding carboxylic acids is 3. The molecule has 414 valence electrons. The molecule has 1 unspecified atom stereocenters. The van der Waals surface area contributed by atoms with Crippen LogP contribution >= 0.6 is 0 Å². The molecule has 0 aromatic carbocycles. The molecule has 0 amide bonds. The largest absolute Gasteiger partial charge is 0.462 e. The summed E-state index contributed by atoms with van der Waals surface area (Å²) < 4.78 is 16.8. The normalized spacial score (nSPS) is 13.0. The van der Waals surface area contributed by atoms with Crippen LogP contribution in [0.25, 0.3) is 0 Å². The molecule has 73 heavy (non-hydrogen) atoms. The average molecular weight is 1010 g/mol. The van der Waals surface area contributed by atoms with Gasteiger partial charge in [0.1, 0.15) is 13.2 Å². The number of allylic oxidation sites excluding steroid dienone is 20. The highest BCUT2D eigenvalue weighted by atomic mass is 16.6.